The third-order valence-electron chi connectivity index (χ3n) is 2.39. The van der Waals surface area contributed by atoms with Crippen molar-refractivity contribution in [2.24, 2.45) is 0 Å². The smallest absolute Gasteiger partial charge is 0.338 e. The van der Waals surface area contributed by atoms with Gasteiger partial charge in [-0.3, -0.25) is 0 Å². The topological polar surface area (TPSA) is 77.2 Å². The summed E-state index contributed by atoms with van der Waals surface area (Å²) in [6, 6.07) is 6.88. The first kappa shape index (κ1) is 13.2. The molecule has 100 valence electrons. The average Bonchev–Trinajstić information content (AvgIpc) is 2.87. The number of rotatable bonds is 4. The summed E-state index contributed by atoms with van der Waals surface area (Å²) in [5.74, 6) is -0.376. The van der Waals surface area contributed by atoms with E-state index in [-0.39, 0.29) is 18.7 Å². The Labute approximate surface area is 110 Å². The largest absolute Gasteiger partial charge is 0.459 e. The fourth-order valence-electron chi connectivity index (χ4n) is 1.55. The number of carbonyl (C=O) groups is 1. The first-order valence-electron chi connectivity index (χ1n) is 5.93. The molecule has 6 nitrogen and oxygen atoms in total. The van der Waals surface area contributed by atoms with Crippen LogP contribution in [-0.2, 0) is 11.3 Å². The van der Waals surface area contributed by atoms with Crippen molar-refractivity contribution in [2.45, 2.75) is 26.6 Å². The number of aliphatic hydroxyl groups excluding tert-OH is 1. The van der Waals surface area contributed by atoms with Gasteiger partial charge in [0.15, 0.2) is 0 Å². The minimum absolute atomic E-state index is 0.163. The van der Waals surface area contributed by atoms with E-state index in [1.807, 2.05) is 0 Å². The van der Waals surface area contributed by atoms with Gasteiger partial charge in [-0.05, 0) is 32.0 Å². The van der Waals surface area contributed by atoms with Gasteiger partial charge >= 0.3 is 5.97 Å². The molecule has 0 amide bonds. The zero-order valence-electron chi connectivity index (χ0n) is 10.8. The number of nitrogens with zero attached hydrogens (tertiary/aromatic N) is 3. The van der Waals surface area contributed by atoms with E-state index >= 15 is 0 Å². The Morgan fingerprint density at radius 2 is 2.26 bits per heavy atom. The summed E-state index contributed by atoms with van der Waals surface area (Å²) in [5, 5.41) is 16.6. The van der Waals surface area contributed by atoms with Crippen LogP contribution < -0.4 is 0 Å². The number of benzene rings is 1. The summed E-state index contributed by atoms with van der Waals surface area (Å²) < 4.78 is 6.63. The number of hydrogen-bond acceptors (Lipinski definition) is 5. The normalized spacial score (nSPS) is 10.7. The summed E-state index contributed by atoms with van der Waals surface area (Å²) in [6.45, 7) is 3.43. The second-order valence-corrected chi connectivity index (χ2v) is 4.32. The summed E-state index contributed by atoms with van der Waals surface area (Å²) >= 11 is 0. The molecule has 0 radical (unpaired) electrons. The van der Waals surface area contributed by atoms with Gasteiger partial charge in [0, 0.05) is 0 Å². The highest BCUT2D eigenvalue weighted by Gasteiger charge is 2.10. The molecule has 0 saturated heterocycles. The molecule has 0 fully saturated rings. The molecule has 1 aromatic heterocycles. The van der Waals surface area contributed by atoms with Crippen LogP contribution in [0.3, 0.4) is 0 Å². The van der Waals surface area contributed by atoms with Gasteiger partial charge in [0.1, 0.15) is 5.69 Å². The first-order chi connectivity index (χ1) is 9.10. The van der Waals surface area contributed by atoms with Crippen LogP contribution in [0.2, 0.25) is 0 Å². The number of aromatic nitrogens is 3. The first-order valence-corrected chi connectivity index (χ1v) is 5.93. The maximum absolute atomic E-state index is 11.8. The zero-order chi connectivity index (χ0) is 13.8. The number of carbonyl (C=O) groups excluding carboxylic acids is 1. The standard InChI is InChI=1S/C13H15N3O3/c1-9(2)19-13(18)10-4-3-5-12(6-10)16-7-11(8-17)14-15-16/h3-7,9,17H,8H2,1-2H3. The zero-order valence-corrected chi connectivity index (χ0v) is 10.8. The van der Waals surface area contributed by atoms with Crippen LogP contribution in [0.1, 0.15) is 29.9 Å². The van der Waals surface area contributed by atoms with E-state index in [9.17, 15) is 4.79 Å². The highest BCUT2D eigenvalue weighted by molar-refractivity contribution is 5.90. The van der Waals surface area contributed by atoms with Crippen LogP contribution in [0.5, 0.6) is 0 Å². The van der Waals surface area contributed by atoms with Crippen molar-refractivity contribution in [2.75, 3.05) is 0 Å². The van der Waals surface area contributed by atoms with E-state index in [1.165, 1.54) is 4.68 Å². The molecule has 1 heterocycles. The fraction of sp³-hybridized carbons (Fsp3) is 0.308. The van der Waals surface area contributed by atoms with Gasteiger partial charge in [-0.25, -0.2) is 9.48 Å². The SMILES string of the molecule is CC(C)OC(=O)c1cccc(-n2cc(CO)nn2)c1. The van der Waals surface area contributed by atoms with E-state index in [1.54, 1.807) is 44.3 Å². The van der Waals surface area contributed by atoms with Crippen LogP contribution in [0.25, 0.3) is 5.69 Å². The van der Waals surface area contributed by atoms with Crippen LogP contribution >= 0.6 is 0 Å². The maximum Gasteiger partial charge on any atom is 0.338 e. The Bertz CT molecular complexity index is 578. The molecule has 0 saturated carbocycles. The third-order valence-corrected chi connectivity index (χ3v) is 2.39. The van der Waals surface area contributed by atoms with Gasteiger partial charge in [-0.2, -0.15) is 0 Å². The Morgan fingerprint density at radius 1 is 1.47 bits per heavy atom. The fourth-order valence-corrected chi connectivity index (χ4v) is 1.55. The molecule has 0 aliphatic carbocycles. The van der Waals surface area contributed by atoms with Crippen molar-refractivity contribution in [3.8, 4) is 5.69 Å². The third kappa shape index (κ3) is 3.17. The van der Waals surface area contributed by atoms with E-state index < -0.39 is 0 Å². The number of aliphatic hydroxyl groups is 1. The van der Waals surface area contributed by atoms with E-state index in [0.717, 1.165) is 0 Å². The van der Waals surface area contributed by atoms with Gasteiger partial charge in [0.05, 0.1) is 30.2 Å². The van der Waals surface area contributed by atoms with E-state index in [2.05, 4.69) is 10.3 Å². The van der Waals surface area contributed by atoms with Gasteiger partial charge in [-0.15, -0.1) is 5.10 Å². The van der Waals surface area contributed by atoms with Gasteiger partial charge in [0.25, 0.3) is 0 Å². The van der Waals surface area contributed by atoms with Crippen LogP contribution in [0.4, 0.5) is 0 Å². The number of hydrogen-bond donors (Lipinski definition) is 1. The molecular weight excluding hydrogens is 246 g/mol. The predicted molar refractivity (Wildman–Crippen MR) is 67.8 cm³/mol. The van der Waals surface area contributed by atoms with Gasteiger partial charge < -0.3 is 9.84 Å². The summed E-state index contributed by atoms with van der Waals surface area (Å²) in [5.41, 5.74) is 1.60. The predicted octanol–water partition coefficient (Wildman–Crippen LogP) is 1.32. The number of ether oxygens (including phenoxy) is 1. The molecule has 6 heteroatoms. The molecule has 0 aliphatic heterocycles. The monoisotopic (exact) mass is 261 g/mol. The molecule has 0 spiro atoms. The van der Waals surface area contributed by atoms with Crippen molar-refractivity contribution in [1.82, 2.24) is 15.0 Å². The van der Waals surface area contributed by atoms with Crippen molar-refractivity contribution >= 4 is 5.97 Å². The lowest BCUT2D eigenvalue weighted by Gasteiger charge is -2.08. The lowest BCUT2D eigenvalue weighted by Crippen LogP contribution is -2.12. The quantitative estimate of drug-likeness (QED) is 0.840. The summed E-state index contributed by atoms with van der Waals surface area (Å²) in [4.78, 5) is 11.8. The molecule has 2 rings (SSSR count). The van der Waals surface area contributed by atoms with Crippen LogP contribution in [-0.4, -0.2) is 32.2 Å². The molecule has 0 atom stereocenters. The van der Waals surface area contributed by atoms with Crippen molar-refractivity contribution in [1.29, 1.82) is 0 Å². The molecule has 0 unspecified atom stereocenters. The molecule has 19 heavy (non-hydrogen) atoms. The highest BCUT2D eigenvalue weighted by atomic mass is 16.5. The second kappa shape index (κ2) is 5.62. The second-order valence-electron chi connectivity index (χ2n) is 4.32. The maximum atomic E-state index is 11.8. The molecular formula is C13H15N3O3. The van der Waals surface area contributed by atoms with Crippen LogP contribution in [0.15, 0.2) is 30.5 Å². The Kier molecular flexibility index (Phi) is 3.91. The molecule has 0 aliphatic rings. The van der Waals surface area contributed by atoms with Crippen molar-refractivity contribution < 1.29 is 14.6 Å². The molecule has 0 bridgehead atoms. The van der Waals surface area contributed by atoms with Crippen molar-refractivity contribution in [3.63, 3.8) is 0 Å². The van der Waals surface area contributed by atoms with Crippen molar-refractivity contribution in [3.05, 3.63) is 41.7 Å². The molecule has 2 aromatic rings. The average molecular weight is 261 g/mol. The molecule has 1 N–H and O–H groups in total. The summed E-state index contributed by atoms with van der Waals surface area (Å²) in [6.07, 6.45) is 1.44. The van der Waals surface area contributed by atoms with Gasteiger partial charge in [0.2, 0.25) is 0 Å². The lowest BCUT2D eigenvalue weighted by atomic mass is 10.2. The number of esters is 1. The van der Waals surface area contributed by atoms with Crippen LogP contribution in [0, 0.1) is 0 Å². The lowest BCUT2D eigenvalue weighted by molar-refractivity contribution is 0.0378. The minimum Gasteiger partial charge on any atom is -0.459 e. The Balaban J connectivity index is 2.26. The Morgan fingerprint density at radius 3 is 2.89 bits per heavy atom. The highest BCUT2D eigenvalue weighted by Crippen LogP contribution is 2.12. The van der Waals surface area contributed by atoms with E-state index in [4.69, 9.17) is 9.84 Å². The Hall–Kier alpha value is -2.21. The minimum atomic E-state index is -0.376. The van der Waals surface area contributed by atoms with E-state index in [0.29, 0.717) is 16.9 Å². The van der Waals surface area contributed by atoms with Gasteiger partial charge in [-0.1, -0.05) is 11.3 Å². The molecule has 1 aromatic carbocycles. The summed E-state index contributed by atoms with van der Waals surface area (Å²) in [7, 11) is 0.